The molecule has 0 atom stereocenters. The molecule has 0 aliphatic heterocycles. The summed E-state index contributed by atoms with van der Waals surface area (Å²) in [5.74, 6) is 0.774. The lowest BCUT2D eigenvalue weighted by molar-refractivity contribution is -0.118. The quantitative estimate of drug-likeness (QED) is 0.470. The van der Waals surface area contributed by atoms with Gasteiger partial charge in [-0.05, 0) is 48.0 Å². The fraction of sp³-hybridized carbons (Fsp3) is 0.240. The van der Waals surface area contributed by atoms with E-state index < -0.39 is 0 Å². The standard InChI is InChI=1S/C25H27FN2O3/c1-17(2)25(29)28-21-11-9-20(10-12-21)27-15-18-8-13-23(24(14-18)30-3)31-16-19-6-4-5-7-22(19)26/h4-14,17,27H,15-16H2,1-3H3,(H,28,29). The molecule has 2 N–H and O–H groups in total. The Kier molecular flexibility index (Phi) is 7.49. The van der Waals surface area contributed by atoms with Crippen LogP contribution >= 0.6 is 0 Å². The van der Waals surface area contributed by atoms with E-state index in [2.05, 4.69) is 10.6 Å². The van der Waals surface area contributed by atoms with Crippen LogP contribution in [-0.2, 0) is 17.9 Å². The molecule has 1 amide bonds. The van der Waals surface area contributed by atoms with Crippen molar-refractivity contribution in [3.05, 3.63) is 83.7 Å². The van der Waals surface area contributed by atoms with Gasteiger partial charge in [0.1, 0.15) is 12.4 Å². The van der Waals surface area contributed by atoms with Gasteiger partial charge in [0, 0.05) is 29.4 Å². The zero-order valence-corrected chi connectivity index (χ0v) is 17.9. The van der Waals surface area contributed by atoms with Crippen molar-refractivity contribution in [2.75, 3.05) is 17.7 Å². The van der Waals surface area contributed by atoms with Crippen LogP contribution in [0.5, 0.6) is 11.5 Å². The van der Waals surface area contributed by atoms with E-state index in [4.69, 9.17) is 9.47 Å². The second-order valence-electron chi connectivity index (χ2n) is 7.44. The smallest absolute Gasteiger partial charge is 0.226 e. The number of amides is 1. The Morgan fingerprint density at radius 3 is 2.35 bits per heavy atom. The number of nitrogens with one attached hydrogen (secondary N) is 2. The lowest BCUT2D eigenvalue weighted by Crippen LogP contribution is -2.17. The Bertz CT molecular complexity index is 1020. The van der Waals surface area contributed by atoms with Crippen molar-refractivity contribution in [3.63, 3.8) is 0 Å². The molecule has 0 saturated carbocycles. The molecule has 31 heavy (non-hydrogen) atoms. The van der Waals surface area contributed by atoms with Crippen LogP contribution in [-0.4, -0.2) is 13.0 Å². The molecule has 0 bridgehead atoms. The molecule has 0 aliphatic carbocycles. The number of carbonyl (C=O) groups excluding carboxylic acids is 1. The summed E-state index contributed by atoms with van der Waals surface area (Å²) in [7, 11) is 1.58. The normalized spacial score (nSPS) is 10.6. The van der Waals surface area contributed by atoms with E-state index in [0.29, 0.717) is 23.6 Å². The highest BCUT2D eigenvalue weighted by atomic mass is 19.1. The molecular weight excluding hydrogens is 395 g/mol. The molecule has 3 aromatic carbocycles. The number of anilines is 2. The molecule has 3 rings (SSSR count). The number of ether oxygens (including phenoxy) is 2. The summed E-state index contributed by atoms with van der Waals surface area (Å²) in [5.41, 5.74) is 3.19. The molecule has 0 heterocycles. The van der Waals surface area contributed by atoms with Crippen LogP contribution in [0.3, 0.4) is 0 Å². The molecule has 6 heteroatoms. The minimum absolute atomic E-state index is 0.00915. The Morgan fingerprint density at radius 1 is 0.968 bits per heavy atom. The average molecular weight is 423 g/mol. The highest BCUT2D eigenvalue weighted by Crippen LogP contribution is 2.29. The van der Waals surface area contributed by atoms with Gasteiger partial charge in [-0.3, -0.25) is 4.79 Å². The molecule has 0 fully saturated rings. The van der Waals surface area contributed by atoms with Crippen LogP contribution < -0.4 is 20.1 Å². The van der Waals surface area contributed by atoms with Gasteiger partial charge in [-0.25, -0.2) is 4.39 Å². The van der Waals surface area contributed by atoms with Crippen LogP contribution in [0.1, 0.15) is 25.0 Å². The maximum Gasteiger partial charge on any atom is 0.226 e. The first-order valence-corrected chi connectivity index (χ1v) is 10.1. The second kappa shape index (κ2) is 10.5. The van der Waals surface area contributed by atoms with E-state index in [9.17, 15) is 9.18 Å². The van der Waals surface area contributed by atoms with Gasteiger partial charge in [0.15, 0.2) is 11.5 Å². The summed E-state index contributed by atoms with van der Waals surface area (Å²) in [6, 6.07) is 19.7. The first-order valence-electron chi connectivity index (χ1n) is 10.1. The van der Waals surface area contributed by atoms with Crippen LogP contribution in [0.2, 0.25) is 0 Å². The number of methoxy groups -OCH3 is 1. The van der Waals surface area contributed by atoms with Crippen molar-refractivity contribution in [2.45, 2.75) is 27.0 Å². The van der Waals surface area contributed by atoms with Gasteiger partial charge in [-0.1, -0.05) is 38.1 Å². The van der Waals surface area contributed by atoms with E-state index in [-0.39, 0.29) is 24.2 Å². The van der Waals surface area contributed by atoms with Gasteiger partial charge < -0.3 is 20.1 Å². The van der Waals surface area contributed by atoms with Crippen LogP contribution in [0.15, 0.2) is 66.7 Å². The zero-order valence-electron chi connectivity index (χ0n) is 17.9. The van der Waals surface area contributed by atoms with Crippen molar-refractivity contribution < 1.29 is 18.7 Å². The van der Waals surface area contributed by atoms with Gasteiger partial charge in [-0.15, -0.1) is 0 Å². The monoisotopic (exact) mass is 422 g/mol. The van der Waals surface area contributed by atoms with Crippen LogP contribution in [0.4, 0.5) is 15.8 Å². The third kappa shape index (κ3) is 6.22. The second-order valence-corrected chi connectivity index (χ2v) is 7.44. The van der Waals surface area contributed by atoms with Gasteiger partial charge in [0.25, 0.3) is 0 Å². The molecular formula is C25H27FN2O3. The predicted octanol–water partition coefficient (Wildman–Crippen LogP) is 5.62. The topological polar surface area (TPSA) is 59.6 Å². The zero-order chi connectivity index (χ0) is 22.2. The average Bonchev–Trinajstić information content (AvgIpc) is 2.78. The lowest BCUT2D eigenvalue weighted by Gasteiger charge is -2.14. The number of carbonyl (C=O) groups is 1. The van der Waals surface area contributed by atoms with Gasteiger partial charge in [0.2, 0.25) is 5.91 Å². The van der Waals surface area contributed by atoms with E-state index in [1.807, 2.05) is 56.3 Å². The van der Waals surface area contributed by atoms with Crippen molar-refractivity contribution >= 4 is 17.3 Å². The Labute approximate surface area is 182 Å². The van der Waals surface area contributed by atoms with Gasteiger partial charge in [-0.2, -0.15) is 0 Å². The fourth-order valence-electron chi connectivity index (χ4n) is 2.87. The summed E-state index contributed by atoms with van der Waals surface area (Å²) in [5, 5.41) is 6.21. The lowest BCUT2D eigenvalue weighted by atomic mass is 10.2. The molecule has 0 aromatic heterocycles. The minimum Gasteiger partial charge on any atom is -0.493 e. The van der Waals surface area contributed by atoms with E-state index in [1.165, 1.54) is 6.07 Å². The number of hydrogen-bond acceptors (Lipinski definition) is 4. The van der Waals surface area contributed by atoms with Crippen molar-refractivity contribution in [2.24, 2.45) is 5.92 Å². The van der Waals surface area contributed by atoms with E-state index >= 15 is 0 Å². The summed E-state index contributed by atoms with van der Waals surface area (Å²) >= 11 is 0. The summed E-state index contributed by atoms with van der Waals surface area (Å²) in [6.07, 6.45) is 0. The van der Waals surface area contributed by atoms with Crippen LogP contribution in [0, 0.1) is 11.7 Å². The molecule has 5 nitrogen and oxygen atoms in total. The largest absolute Gasteiger partial charge is 0.493 e. The number of rotatable bonds is 9. The minimum atomic E-state index is -0.294. The highest BCUT2D eigenvalue weighted by molar-refractivity contribution is 5.92. The third-order valence-electron chi connectivity index (χ3n) is 4.74. The van der Waals surface area contributed by atoms with Gasteiger partial charge >= 0.3 is 0 Å². The summed E-state index contributed by atoms with van der Waals surface area (Å²) < 4.78 is 25.0. The van der Waals surface area contributed by atoms with Crippen molar-refractivity contribution in [1.82, 2.24) is 0 Å². The Hall–Kier alpha value is -3.54. The molecule has 162 valence electrons. The first kappa shape index (κ1) is 22.2. The van der Waals surface area contributed by atoms with E-state index in [1.54, 1.807) is 25.3 Å². The number of benzene rings is 3. The van der Waals surface area contributed by atoms with Crippen molar-refractivity contribution in [3.8, 4) is 11.5 Å². The molecule has 0 radical (unpaired) electrons. The Balaban J connectivity index is 1.58. The van der Waals surface area contributed by atoms with E-state index in [0.717, 1.165) is 16.9 Å². The maximum atomic E-state index is 13.8. The van der Waals surface area contributed by atoms with Crippen molar-refractivity contribution in [1.29, 1.82) is 0 Å². The van der Waals surface area contributed by atoms with Crippen LogP contribution in [0.25, 0.3) is 0 Å². The molecule has 3 aromatic rings. The Morgan fingerprint density at radius 2 is 1.68 bits per heavy atom. The summed E-state index contributed by atoms with van der Waals surface area (Å²) in [4.78, 5) is 11.8. The fourth-order valence-corrected chi connectivity index (χ4v) is 2.87. The molecule has 0 aliphatic rings. The third-order valence-corrected chi connectivity index (χ3v) is 4.74. The molecule has 0 unspecified atom stereocenters. The number of hydrogen-bond donors (Lipinski definition) is 2. The SMILES string of the molecule is COc1cc(CNc2ccc(NC(=O)C(C)C)cc2)ccc1OCc1ccccc1F. The van der Waals surface area contributed by atoms with Gasteiger partial charge in [0.05, 0.1) is 7.11 Å². The number of halogens is 1. The molecule has 0 spiro atoms. The predicted molar refractivity (Wildman–Crippen MR) is 121 cm³/mol. The maximum absolute atomic E-state index is 13.8. The first-order chi connectivity index (χ1) is 15.0. The summed E-state index contributed by atoms with van der Waals surface area (Å²) in [6.45, 7) is 4.42. The highest BCUT2D eigenvalue weighted by Gasteiger charge is 2.09. The molecule has 0 saturated heterocycles.